The molecule has 136 valence electrons. The number of hydrazone groups is 1. The summed E-state index contributed by atoms with van der Waals surface area (Å²) in [6, 6.07) is 9.17. The molecule has 0 fully saturated rings. The number of ether oxygens (including phenoxy) is 3. The van der Waals surface area contributed by atoms with Crippen molar-refractivity contribution in [2.45, 2.75) is 6.92 Å². The Morgan fingerprint density at radius 3 is 2.38 bits per heavy atom. The quantitative estimate of drug-likeness (QED) is 0.266. The van der Waals surface area contributed by atoms with Crippen LogP contribution in [-0.4, -0.2) is 31.3 Å². The fourth-order valence-electron chi connectivity index (χ4n) is 2.09. The van der Waals surface area contributed by atoms with E-state index in [4.69, 9.17) is 14.2 Å². The third kappa shape index (κ3) is 4.69. The summed E-state index contributed by atoms with van der Waals surface area (Å²) in [7, 11) is 2.87. The maximum absolute atomic E-state index is 11.2. The molecule has 0 aliphatic heterocycles. The van der Waals surface area contributed by atoms with Crippen molar-refractivity contribution in [3.63, 3.8) is 0 Å². The van der Waals surface area contributed by atoms with Gasteiger partial charge in [-0.25, -0.2) is 0 Å². The molecule has 0 radical (unpaired) electrons. The van der Waals surface area contributed by atoms with Crippen molar-refractivity contribution >= 4 is 23.6 Å². The molecule has 9 nitrogen and oxygen atoms in total. The number of nitrogens with one attached hydrogen (secondary N) is 1. The molecule has 0 saturated carbocycles. The van der Waals surface area contributed by atoms with E-state index in [0.29, 0.717) is 22.7 Å². The number of esters is 1. The SMILES string of the molecule is COc1cc(C=NNc2cccc([N+](=O)[O-])c2)cc(OC)c1OC(C)=O. The molecular weight excluding hydrogens is 342 g/mol. The van der Waals surface area contributed by atoms with Crippen LogP contribution in [0.2, 0.25) is 0 Å². The fourth-order valence-corrected chi connectivity index (χ4v) is 2.09. The zero-order valence-electron chi connectivity index (χ0n) is 14.4. The summed E-state index contributed by atoms with van der Waals surface area (Å²) in [6.45, 7) is 1.28. The van der Waals surface area contributed by atoms with Crippen LogP contribution in [0.25, 0.3) is 0 Å². The second-order valence-electron chi connectivity index (χ2n) is 5.03. The molecule has 0 amide bonds. The molecular formula is C17H17N3O6. The number of nitro benzene ring substituents is 1. The van der Waals surface area contributed by atoms with E-state index >= 15 is 0 Å². The highest BCUT2D eigenvalue weighted by atomic mass is 16.6. The Labute approximate surface area is 149 Å². The standard InChI is InChI=1S/C17H17N3O6/c1-11(21)26-17-15(24-2)7-12(8-16(17)25-3)10-18-19-13-5-4-6-14(9-13)20(22)23/h4-10,19H,1-3H3. The summed E-state index contributed by atoms with van der Waals surface area (Å²) in [5.41, 5.74) is 3.73. The molecule has 0 atom stereocenters. The highest BCUT2D eigenvalue weighted by Gasteiger charge is 2.15. The minimum absolute atomic E-state index is 0.0423. The number of carbonyl (C=O) groups excluding carboxylic acids is 1. The summed E-state index contributed by atoms with van der Waals surface area (Å²) in [5, 5.41) is 14.8. The van der Waals surface area contributed by atoms with Crippen LogP contribution in [0.5, 0.6) is 17.2 Å². The number of rotatable bonds is 7. The van der Waals surface area contributed by atoms with Gasteiger partial charge in [0.1, 0.15) is 0 Å². The first kappa shape index (κ1) is 18.7. The van der Waals surface area contributed by atoms with Gasteiger partial charge in [0, 0.05) is 24.6 Å². The Hall–Kier alpha value is -3.62. The van der Waals surface area contributed by atoms with Gasteiger partial charge in [-0.1, -0.05) is 6.07 Å². The van der Waals surface area contributed by atoms with Gasteiger partial charge >= 0.3 is 5.97 Å². The molecule has 0 saturated heterocycles. The first-order chi connectivity index (χ1) is 12.4. The Kier molecular flexibility index (Phi) is 6.10. The molecule has 0 heterocycles. The second-order valence-corrected chi connectivity index (χ2v) is 5.03. The summed E-state index contributed by atoms with van der Waals surface area (Å²) >= 11 is 0. The second kappa shape index (κ2) is 8.47. The van der Waals surface area contributed by atoms with E-state index in [1.807, 2.05) is 0 Å². The number of hydrogen-bond acceptors (Lipinski definition) is 8. The molecule has 9 heteroatoms. The predicted octanol–water partition coefficient (Wildman–Crippen LogP) is 2.98. The minimum atomic E-state index is -0.504. The third-order valence-electron chi connectivity index (χ3n) is 3.19. The van der Waals surface area contributed by atoms with Crippen LogP contribution in [0.3, 0.4) is 0 Å². The molecule has 0 bridgehead atoms. The van der Waals surface area contributed by atoms with Crippen LogP contribution in [0.1, 0.15) is 12.5 Å². The van der Waals surface area contributed by atoms with Crippen LogP contribution in [0.15, 0.2) is 41.5 Å². The lowest BCUT2D eigenvalue weighted by Gasteiger charge is -2.13. The van der Waals surface area contributed by atoms with Gasteiger partial charge in [0.05, 0.1) is 31.0 Å². The topological polar surface area (TPSA) is 112 Å². The van der Waals surface area contributed by atoms with Crippen LogP contribution < -0.4 is 19.6 Å². The minimum Gasteiger partial charge on any atom is -0.493 e. The molecule has 2 rings (SSSR count). The summed E-state index contributed by atoms with van der Waals surface area (Å²) in [5.74, 6) is 0.273. The monoisotopic (exact) mass is 359 g/mol. The van der Waals surface area contributed by atoms with Gasteiger partial charge in [-0.15, -0.1) is 0 Å². The van der Waals surface area contributed by atoms with Crippen LogP contribution >= 0.6 is 0 Å². The summed E-state index contributed by atoms with van der Waals surface area (Å²) < 4.78 is 15.6. The first-order valence-corrected chi connectivity index (χ1v) is 7.42. The lowest BCUT2D eigenvalue weighted by Crippen LogP contribution is -2.05. The van der Waals surface area contributed by atoms with E-state index in [9.17, 15) is 14.9 Å². The number of carbonyl (C=O) groups is 1. The third-order valence-corrected chi connectivity index (χ3v) is 3.19. The lowest BCUT2D eigenvalue weighted by molar-refractivity contribution is -0.384. The number of non-ortho nitro benzene ring substituents is 1. The molecule has 0 aromatic heterocycles. The van der Waals surface area contributed by atoms with Gasteiger partial charge in [-0.2, -0.15) is 5.10 Å². The number of benzene rings is 2. The Morgan fingerprint density at radius 1 is 1.19 bits per heavy atom. The van der Waals surface area contributed by atoms with Gasteiger partial charge in [0.2, 0.25) is 5.75 Å². The van der Waals surface area contributed by atoms with Crippen LogP contribution in [0.4, 0.5) is 11.4 Å². The molecule has 26 heavy (non-hydrogen) atoms. The van der Waals surface area contributed by atoms with E-state index in [-0.39, 0.29) is 11.4 Å². The van der Waals surface area contributed by atoms with Crippen molar-refractivity contribution in [1.29, 1.82) is 0 Å². The zero-order valence-corrected chi connectivity index (χ0v) is 14.4. The number of nitrogens with zero attached hydrogens (tertiary/aromatic N) is 2. The molecule has 1 N–H and O–H groups in total. The van der Waals surface area contributed by atoms with E-state index in [1.54, 1.807) is 24.3 Å². The van der Waals surface area contributed by atoms with Crippen molar-refractivity contribution in [3.8, 4) is 17.2 Å². The molecule has 0 spiro atoms. The average molecular weight is 359 g/mol. The van der Waals surface area contributed by atoms with Crippen molar-refractivity contribution in [3.05, 3.63) is 52.1 Å². The van der Waals surface area contributed by atoms with Crippen molar-refractivity contribution in [1.82, 2.24) is 0 Å². The summed E-state index contributed by atoms with van der Waals surface area (Å²) in [6.07, 6.45) is 1.47. The van der Waals surface area contributed by atoms with Gasteiger partial charge < -0.3 is 14.2 Å². The largest absolute Gasteiger partial charge is 0.493 e. The van der Waals surface area contributed by atoms with Gasteiger partial charge in [0.15, 0.2) is 11.5 Å². The fraction of sp³-hybridized carbons (Fsp3) is 0.176. The smallest absolute Gasteiger partial charge is 0.308 e. The molecule has 0 unspecified atom stereocenters. The van der Waals surface area contributed by atoms with Gasteiger partial charge in [0.25, 0.3) is 5.69 Å². The Bertz CT molecular complexity index is 825. The number of anilines is 1. The van der Waals surface area contributed by atoms with E-state index in [0.717, 1.165) is 0 Å². The van der Waals surface area contributed by atoms with Crippen LogP contribution in [0, 0.1) is 10.1 Å². The number of nitro groups is 1. The van der Waals surface area contributed by atoms with Crippen molar-refractivity contribution in [2.75, 3.05) is 19.6 Å². The molecule has 0 aliphatic carbocycles. The van der Waals surface area contributed by atoms with E-state index in [1.165, 1.54) is 39.5 Å². The number of hydrogen-bond donors (Lipinski definition) is 1. The van der Waals surface area contributed by atoms with Crippen molar-refractivity contribution < 1.29 is 23.9 Å². The first-order valence-electron chi connectivity index (χ1n) is 7.42. The summed E-state index contributed by atoms with van der Waals surface area (Å²) in [4.78, 5) is 21.5. The zero-order chi connectivity index (χ0) is 19.1. The van der Waals surface area contributed by atoms with Gasteiger partial charge in [-0.05, 0) is 18.2 Å². The maximum atomic E-state index is 11.2. The average Bonchev–Trinajstić information content (AvgIpc) is 2.62. The highest BCUT2D eigenvalue weighted by Crippen LogP contribution is 2.38. The van der Waals surface area contributed by atoms with Crippen LogP contribution in [-0.2, 0) is 4.79 Å². The Balaban J connectivity index is 2.23. The normalized spacial score (nSPS) is 10.4. The van der Waals surface area contributed by atoms with E-state index < -0.39 is 10.9 Å². The van der Waals surface area contributed by atoms with E-state index in [2.05, 4.69) is 10.5 Å². The van der Waals surface area contributed by atoms with Gasteiger partial charge in [-0.3, -0.25) is 20.3 Å². The molecule has 2 aromatic carbocycles. The maximum Gasteiger partial charge on any atom is 0.308 e. The lowest BCUT2D eigenvalue weighted by atomic mass is 10.2. The number of methoxy groups -OCH3 is 2. The molecule has 0 aliphatic rings. The predicted molar refractivity (Wildman–Crippen MR) is 95.2 cm³/mol. The van der Waals surface area contributed by atoms with Crippen molar-refractivity contribution in [2.24, 2.45) is 5.10 Å². The molecule has 2 aromatic rings. The Morgan fingerprint density at radius 2 is 1.85 bits per heavy atom. The highest BCUT2D eigenvalue weighted by molar-refractivity contribution is 5.84.